The van der Waals surface area contributed by atoms with Gasteiger partial charge >= 0.3 is 5.97 Å². The highest BCUT2D eigenvalue weighted by Crippen LogP contribution is 2.45. The largest absolute Gasteiger partial charge is 0.497 e. The zero-order valence-corrected chi connectivity index (χ0v) is 19.0. The third-order valence-electron chi connectivity index (χ3n) is 5.20. The van der Waals surface area contributed by atoms with Crippen molar-refractivity contribution in [3.05, 3.63) is 98.9 Å². The van der Waals surface area contributed by atoms with Crippen LogP contribution in [0.2, 0.25) is 10.0 Å². The number of methoxy groups -OCH3 is 1. The van der Waals surface area contributed by atoms with Crippen LogP contribution in [0.15, 0.2) is 72.1 Å². The molecular formula is C25H18Cl2N2O4. The molecule has 0 saturated heterocycles. The molecule has 0 saturated carbocycles. The van der Waals surface area contributed by atoms with Crippen molar-refractivity contribution < 1.29 is 19.0 Å². The number of hydrogen-bond acceptors (Lipinski definition) is 6. The zero-order valence-electron chi connectivity index (χ0n) is 17.5. The third kappa shape index (κ3) is 4.75. The van der Waals surface area contributed by atoms with Crippen molar-refractivity contribution in [3.63, 3.8) is 0 Å². The number of carbonyl (C=O) groups excluding carboxylic acids is 1. The highest BCUT2D eigenvalue weighted by molar-refractivity contribution is 6.35. The first-order chi connectivity index (χ1) is 15.9. The van der Waals surface area contributed by atoms with Gasteiger partial charge in [0.2, 0.25) is 5.88 Å². The number of nitriles is 1. The first kappa shape index (κ1) is 22.5. The molecule has 0 aromatic heterocycles. The van der Waals surface area contributed by atoms with Gasteiger partial charge in [0.05, 0.1) is 19.4 Å². The topological polar surface area (TPSA) is 94.6 Å². The number of nitrogens with two attached hydrogens (primary N) is 1. The molecule has 33 heavy (non-hydrogen) atoms. The fraction of sp³-hybridized carbons (Fsp3) is 0.120. The highest BCUT2D eigenvalue weighted by Gasteiger charge is 2.32. The molecule has 166 valence electrons. The fourth-order valence-electron chi connectivity index (χ4n) is 3.63. The molecular weight excluding hydrogens is 463 g/mol. The van der Waals surface area contributed by atoms with E-state index >= 15 is 0 Å². The van der Waals surface area contributed by atoms with Crippen LogP contribution in [0.3, 0.4) is 0 Å². The molecule has 1 atom stereocenters. The molecule has 4 rings (SSSR count). The number of nitrogens with zero attached hydrogens (tertiary/aromatic N) is 1. The summed E-state index contributed by atoms with van der Waals surface area (Å²) in [7, 11) is 1.58. The van der Waals surface area contributed by atoms with E-state index in [0.717, 1.165) is 5.56 Å². The summed E-state index contributed by atoms with van der Waals surface area (Å²) in [6.45, 7) is 0. The SMILES string of the molecule is COc1ccc(CC(=O)Oc2ccc3c(c2)OC(N)=C(C#N)C3c2ccc(Cl)cc2Cl)cc1. The Hall–Kier alpha value is -3.66. The van der Waals surface area contributed by atoms with Gasteiger partial charge in [-0.1, -0.05) is 47.5 Å². The van der Waals surface area contributed by atoms with E-state index in [1.807, 2.05) is 0 Å². The van der Waals surface area contributed by atoms with E-state index < -0.39 is 11.9 Å². The molecule has 1 aliphatic heterocycles. The lowest BCUT2D eigenvalue weighted by atomic mass is 9.83. The third-order valence-corrected chi connectivity index (χ3v) is 5.77. The molecule has 0 amide bonds. The summed E-state index contributed by atoms with van der Waals surface area (Å²) in [5, 5.41) is 10.6. The molecule has 8 heteroatoms. The van der Waals surface area contributed by atoms with Gasteiger partial charge in [-0.2, -0.15) is 5.26 Å². The maximum atomic E-state index is 12.4. The molecule has 3 aromatic rings. The predicted octanol–water partition coefficient (Wildman–Crippen LogP) is 5.37. The van der Waals surface area contributed by atoms with E-state index in [1.54, 1.807) is 67.8 Å². The standard InChI is InChI=1S/C25H18Cl2N2O4/c1-31-16-5-2-14(3-6-16)10-23(30)32-17-7-9-19-22(12-17)33-25(29)20(13-28)24(19)18-8-4-15(26)11-21(18)27/h2-9,11-12,24H,10,29H2,1H3. The Morgan fingerprint density at radius 3 is 2.42 bits per heavy atom. The second-order valence-corrected chi connectivity index (χ2v) is 8.13. The second kappa shape index (κ2) is 9.45. The lowest BCUT2D eigenvalue weighted by molar-refractivity contribution is -0.133. The van der Waals surface area contributed by atoms with Crippen LogP contribution in [0.1, 0.15) is 22.6 Å². The van der Waals surface area contributed by atoms with E-state index in [9.17, 15) is 10.1 Å². The summed E-state index contributed by atoms with van der Waals surface area (Å²) in [6, 6.07) is 19.2. The summed E-state index contributed by atoms with van der Waals surface area (Å²) < 4.78 is 16.3. The molecule has 0 bridgehead atoms. The number of ether oxygens (including phenoxy) is 3. The van der Waals surface area contributed by atoms with Gasteiger partial charge < -0.3 is 19.9 Å². The average molecular weight is 481 g/mol. The van der Waals surface area contributed by atoms with Crippen molar-refractivity contribution in [1.29, 1.82) is 5.26 Å². The van der Waals surface area contributed by atoms with Crippen LogP contribution in [-0.2, 0) is 11.2 Å². The summed E-state index contributed by atoms with van der Waals surface area (Å²) in [6.07, 6.45) is 0.0889. The number of allylic oxidation sites excluding steroid dienone is 1. The minimum absolute atomic E-state index is 0.0391. The van der Waals surface area contributed by atoms with Gasteiger partial charge in [-0.3, -0.25) is 4.79 Å². The number of fused-ring (bicyclic) bond motifs is 1. The Balaban J connectivity index is 1.61. The van der Waals surface area contributed by atoms with Crippen molar-refractivity contribution in [2.24, 2.45) is 5.73 Å². The van der Waals surface area contributed by atoms with Gasteiger partial charge in [0.25, 0.3) is 0 Å². The van der Waals surface area contributed by atoms with Crippen molar-refractivity contribution in [1.82, 2.24) is 0 Å². The van der Waals surface area contributed by atoms with E-state index in [4.69, 9.17) is 43.1 Å². The van der Waals surface area contributed by atoms with Gasteiger partial charge in [-0.05, 0) is 41.5 Å². The molecule has 0 radical (unpaired) electrons. The average Bonchev–Trinajstić information content (AvgIpc) is 2.79. The lowest BCUT2D eigenvalue weighted by Gasteiger charge is -2.27. The Morgan fingerprint density at radius 1 is 1.06 bits per heavy atom. The normalized spacial score (nSPS) is 14.7. The lowest BCUT2D eigenvalue weighted by Crippen LogP contribution is -2.21. The summed E-state index contributed by atoms with van der Waals surface area (Å²) in [5.41, 5.74) is 8.39. The molecule has 6 nitrogen and oxygen atoms in total. The first-order valence-electron chi connectivity index (χ1n) is 9.89. The smallest absolute Gasteiger partial charge is 0.315 e. The van der Waals surface area contributed by atoms with Crippen LogP contribution in [0.4, 0.5) is 0 Å². The molecule has 0 spiro atoms. The maximum Gasteiger partial charge on any atom is 0.315 e. The Morgan fingerprint density at radius 2 is 1.76 bits per heavy atom. The van der Waals surface area contributed by atoms with Gasteiger partial charge in [-0.25, -0.2) is 0 Å². The van der Waals surface area contributed by atoms with E-state index in [1.165, 1.54) is 0 Å². The molecule has 1 unspecified atom stereocenters. The fourth-order valence-corrected chi connectivity index (χ4v) is 4.15. The Bertz CT molecular complexity index is 1300. The molecule has 3 aromatic carbocycles. The highest BCUT2D eigenvalue weighted by atomic mass is 35.5. The summed E-state index contributed by atoms with van der Waals surface area (Å²) in [5.74, 6) is 0.347. The number of rotatable bonds is 5. The minimum Gasteiger partial charge on any atom is -0.497 e. The van der Waals surface area contributed by atoms with Gasteiger partial charge in [0.1, 0.15) is 28.9 Å². The Kier molecular flexibility index (Phi) is 6.45. The summed E-state index contributed by atoms with van der Waals surface area (Å²) >= 11 is 12.5. The number of hydrogen-bond donors (Lipinski definition) is 1. The van der Waals surface area contributed by atoms with Crippen LogP contribution in [0.5, 0.6) is 17.2 Å². The van der Waals surface area contributed by atoms with E-state index in [-0.39, 0.29) is 17.9 Å². The van der Waals surface area contributed by atoms with Crippen molar-refractivity contribution >= 4 is 29.2 Å². The molecule has 0 fully saturated rings. The van der Waals surface area contributed by atoms with Crippen molar-refractivity contribution in [2.75, 3.05) is 7.11 Å². The van der Waals surface area contributed by atoms with Gasteiger partial charge in [-0.15, -0.1) is 0 Å². The molecule has 1 aliphatic rings. The van der Waals surface area contributed by atoms with Crippen molar-refractivity contribution in [3.8, 4) is 23.3 Å². The van der Waals surface area contributed by atoms with E-state index in [0.29, 0.717) is 38.4 Å². The van der Waals surface area contributed by atoms with Crippen LogP contribution in [0.25, 0.3) is 0 Å². The van der Waals surface area contributed by atoms with Crippen LogP contribution in [-0.4, -0.2) is 13.1 Å². The van der Waals surface area contributed by atoms with Crippen LogP contribution in [0, 0.1) is 11.3 Å². The quantitative estimate of drug-likeness (QED) is 0.389. The summed E-state index contributed by atoms with van der Waals surface area (Å²) in [4.78, 5) is 12.4. The monoisotopic (exact) mass is 480 g/mol. The van der Waals surface area contributed by atoms with Crippen molar-refractivity contribution in [2.45, 2.75) is 12.3 Å². The van der Waals surface area contributed by atoms with Gasteiger partial charge in [0, 0.05) is 21.7 Å². The van der Waals surface area contributed by atoms with Crippen LogP contribution >= 0.6 is 23.2 Å². The molecule has 2 N–H and O–H groups in total. The zero-order chi connectivity index (χ0) is 23.5. The minimum atomic E-state index is -0.549. The molecule has 0 aliphatic carbocycles. The Labute approximate surface area is 200 Å². The van der Waals surface area contributed by atoms with E-state index in [2.05, 4.69) is 6.07 Å². The number of esters is 1. The predicted molar refractivity (Wildman–Crippen MR) is 125 cm³/mol. The maximum absolute atomic E-state index is 12.4. The first-order valence-corrected chi connectivity index (χ1v) is 10.6. The number of carbonyl (C=O) groups is 1. The number of halogens is 2. The van der Waals surface area contributed by atoms with Crippen LogP contribution < -0.4 is 19.9 Å². The van der Waals surface area contributed by atoms with Gasteiger partial charge in [0.15, 0.2) is 0 Å². The number of benzene rings is 3. The second-order valence-electron chi connectivity index (χ2n) is 7.29. The molecule has 1 heterocycles.